The van der Waals surface area contributed by atoms with Gasteiger partial charge >= 0.3 is 0 Å². The molecule has 0 unspecified atom stereocenters. The molecule has 0 bridgehead atoms. The zero-order chi connectivity index (χ0) is 22.0. The van der Waals surface area contributed by atoms with E-state index in [0.717, 1.165) is 31.6 Å². The van der Waals surface area contributed by atoms with Crippen LogP contribution in [0.4, 0.5) is 5.69 Å². The molecule has 162 valence electrons. The Labute approximate surface area is 181 Å². The van der Waals surface area contributed by atoms with Crippen molar-refractivity contribution in [2.24, 2.45) is 0 Å². The summed E-state index contributed by atoms with van der Waals surface area (Å²) in [5, 5.41) is 3.48. The van der Waals surface area contributed by atoms with E-state index in [0.29, 0.717) is 15.8 Å². The molecule has 0 atom stereocenters. The summed E-state index contributed by atoms with van der Waals surface area (Å²) in [5.41, 5.74) is 1.51. The number of H-pyrrole nitrogens is 1. The van der Waals surface area contributed by atoms with Crippen LogP contribution in [-0.4, -0.2) is 44.2 Å². The number of hydrogen-bond donors (Lipinski definition) is 2. The molecule has 2 N–H and O–H groups in total. The van der Waals surface area contributed by atoms with Crippen molar-refractivity contribution < 1.29 is 13.2 Å². The number of amides is 1. The first-order chi connectivity index (χ1) is 14.9. The van der Waals surface area contributed by atoms with Gasteiger partial charge in [0.05, 0.1) is 10.6 Å². The summed E-state index contributed by atoms with van der Waals surface area (Å²) in [4.78, 5) is 30.8. The molecule has 1 aromatic heterocycles. The zero-order valence-corrected chi connectivity index (χ0v) is 18.1. The molecule has 1 aliphatic heterocycles. The van der Waals surface area contributed by atoms with Crippen molar-refractivity contribution in [1.29, 1.82) is 0 Å². The highest BCUT2D eigenvalue weighted by Crippen LogP contribution is 2.22. The number of aromatic amines is 1. The summed E-state index contributed by atoms with van der Waals surface area (Å²) in [5.74, 6) is -0.281. The smallest absolute Gasteiger partial charge is 0.256 e. The van der Waals surface area contributed by atoms with Gasteiger partial charge in [-0.2, -0.15) is 0 Å². The molecule has 1 amide bonds. The van der Waals surface area contributed by atoms with Gasteiger partial charge in [-0.15, -0.1) is 0 Å². The normalized spacial score (nSPS) is 15.2. The largest absolute Gasteiger partial charge is 0.371 e. The van der Waals surface area contributed by atoms with Crippen molar-refractivity contribution in [3.05, 3.63) is 70.5 Å². The maximum absolute atomic E-state index is 12.7. The number of anilines is 1. The van der Waals surface area contributed by atoms with Crippen LogP contribution in [0.15, 0.2) is 64.4 Å². The molecule has 1 aliphatic rings. The standard InChI is InChI=1S/C23H25N3O4S/c1-2-31(29,30)18-9-7-17(8-10-18)26-13-11-16(12-14-26)25-23(28)20-15-24-21-6-4-3-5-19(21)22(20)27/h3-10,15-16H,2,11-14H2,1H3,(H,24,27)(H,25,28). The van der Waals surface area contributed by atoms with E-state index < -0.39 is 9.84 Å². The molecule has 2 heterocycles. The van der Waals surface area contributed by atoms with Crippen LogP contribution in [0.2, 0.25) is 0 Å². The van der Waals surface area contributed by atoms with Crippen LogP contribution in [0.5, 0.6) is 0 Å². The lowest BCUT2D eigenvalue weighted by Gasteiger charge is -2.34. The van der Waals surface area contributed by atoms with Crippen LogP contribution in [0, 0.1) is 0 Å². The average Bonchev–Trinajstić information content (AvgIpc) is 2.80. The van der Waals surface area contributed by atoms with E-state index >= 15 is 0 Å². The maximum atomic E-state index is 12.7. The summed E-state index contributed by atoms with van der Waals surface area (Å²) in [6.07, 6.45) is 2.96. The van der Waals surface area contributed by atoms with E-state index in [1.807, 2.05) is 18.2 Å². The van der Waals surface area contributed by atoms with Gasteiger partial charge in [0, 0.05) is 41.9 Å². The Morgan fingerprint density at radius 2 is 1.77 bits per heavy atom. The summed E-state index contributed by atoms with van der Waals surface area (Å²) in [6, 6.07) is 14.1. The van der Waals surface area contributed by atoms with Crippen LogP contribution in [0.25, 0.3) is 10.9 Å². The van der Waals surface area contributed by atoms with Gasteiger partial charge in [-0.25, -0.2) is 8.42 Å². The number of nitrogens with zero attached hydrogens (tertiary/aromatic N) is 1. The van der Waals surface area contributed by atoms with E-state index in [-0.39, 0.29) is 28.7 Å². The van der Waals surface area contributed by atoms with Gasteiger partial charge in [0.2, 0.25) is 5.43 Å². The van der Waals surface area contributed by atoms with Crippen LogP contribution in [-0.2, 0) is 9.84 Å². The van der Waals surface area contributed by atoms with Crippen molar-refractivity contribution in [2.75, 3.05) is 23.7 Å². The number of benzene rings is 2. The maximum Gasteiger partial charge on any atom is 0.256 e. The second kappa shape index (κ2) is 8.55. The Bertz CT molecular complexity index is 1260. The van der Waals surface area contributed by atoms with Gasteiger partial charge in [0.1, 0.15) is 5.56 Å². The Hall–Kier alpha value is -3.13. The lowest BCUT2D eigenvalue weighted by molar-refractivity contribution is 0.0930. The monoisotopic (exact) mass is 439 g/mol. The van der Waals surface area contributed by atoms with Gasteiger partial charge in [-0.1, -0.05) is 19.1 Å². The van der Waals surface area contributed by atoms with Crippen LogP contribution < -0.4 is 15.6 Å². The summed E-state index contributed by atoms with van der Waals surface area (Å²) < 4.78 is 23.9. The average molecular weight is 440 g/mol. The molecule has 31 heavy (non-hydrogen) atoms. The van der Waals surface area contributed by atoms with E-state index in [4.69, 9.17) is 0 Å². The zero-order valence-electron chi connectivity index (χ0n) is 17.3. The third-order valence-electron chi connectivity index (χ3n) is 5.80. The fourth-order valence-corrected chi connectivity index (χ4v) is 4.80. The first-order valence-corrected chi connectivity index (χ1v) is 12.0. The van der Waals surface area contributed by atoms with Crippen molar-refractivity contribution in [2.45, 2.75) is 30.7 Å². The molecule has 1 fully saturated rings. The minimum atomic E-state index is -3.21. The van der Waals surface area contributed by atoms with Gasteiger partial charge in [-0.05, 0) is 49.2 Å². The Morgan fingerprint density at radius 1 is 1.10 bits per heavy atom. The third kappa shape index (κ3) is 4.34. The summed E-state index contributed by atoms with van der Waals surface area (Å²) >= 11 is 0. The molecule has 0 radical (unpaired) electrons. The second-order valence-corrected chi connectivity index (χ2v) is 9.99. The lowest BCUT2D eigenvalue weighted by Crippen LogP contribution is -2.45. The van der Waals surface area contributed by atoms with E-state index in [1.54, 1.807) is 37.3 Å². The van der Waals surface area contributed by atoms with Gasteiger partial charge in [0.25, 0.3) is 5.91 Å². The molecule has 2 aromatic carbocycles. The molecule has 4 rings (SSSR count). The van der Waals surface area contributed by atoms with E-state index in [2.05, 4.69) is 15.2 Å². The van der Waals surface area contributed by atoms with Crippen molar-refractivity contribution in [1.82, 2.24) is 10.3 Å². The molecule has 0 saturated carbocycles. The Kier molecular flexibility index (Phi) is 5.82. The molecule has 0 aliphatic carbocycles. The molecule has 3 aromatic rings. The molecule has 7 nitrogen and oxygen atoms in total. The first-order valence-electron chi connectivity index (χ1n) is 10.4. The first kappa shape index (κ1) is 21.1. The highest BCUT2D eigenvalue weighted by molar-refractivity contribution is 7.91. The van der Waals surface area contributed by atoms with Crippen molar-refractivity contribution in [3.8, 4) is 0 Å². The Morgan fingerprint density at radius 3 is 2.45 bits per heavy atom. The molecular formula is C23H25N3O4S. The Balaban J connectivity index is 1.39. The summed E-state index contributed by atoms with van der Waals surface area (Å²) in [7, 11) is -3.21. The topological polar surface area (TPSA) is 99.3 Å². The number of nitrogens with one attached hydrogen (secondary N) is 2. The third-order valence-corrected chi connectivity index (χ3v) is 7.55. The number of carbonyl (C=O) groups is 1. The quantitative estimate of drug-likeness (QED) is 0.637. The number of aromatic nitrogens is 1. The minimum Gasteiger partial charge on any atom is -0.371 e. The van der Waals surface area contributed by atoms with Crippen LogP contribution >= 0.6 is 0 Å². The number of piperidine rings is 1. The second-order valence-electron chi connectivity index (χ2n) is 7.71. The molecular weight excluding hydrogens is 414 g/mol. The minimum absolute atomic E-state index is 0.0191. The number of fused-ring (bicyclic) bond motifs is 1. The molecule has 1 saturated heterocycles. The fourth-order valence-electron chi connectivity index (χ4n) is 3.91. The predicted molar refractivity (Wildman–Crippen MR) is 121 cm³/mol. The molecule has 8 heteroatoms. The van der Waals surface area contributed by atoms with E-state index in [9.17, 15) is 18.0 Å². The number of carbonyl (C=O) groups excluding carboxylic acids is 1. The van der Waals surface area contributed by atoms with Crippen LogP contribution in [0.3, 0.4) is 0 Å². The summed E-state index contributed by atoms with van der Waals surface area (Å²) in [6.45, 7) is 3.10. The fraction of sp³-hybridized carbons (Fsp3) is 0.304. The number of hydrogen-bond acceptors (Lipinski definition) is 5. The van der Waals surface area contributed by atoms with Crippen molar-refractivity contribution >= 4 is 32.3 Å². The number of rotatable bonds is 5. The van der Waals surface area contributed by atoms with E-state index in [1.165, 1.54) is 6.20 Å². The highest BCUT2D eigenvalue weighted by atomic mass is 32.2. The highest BCUT2D eigenvalue weighted by Gasteiger charge is 2.23. The van der Waals surface area contributed by atoms with Crippen LogP contribution in [0.1, 0.15) is 30.1 Å². The lowest BCUT2D eigenvalue weighted by atomic mass is 10.0. The van der Waals surface area contributed by atoms with Gasteiger partial charge in [0.15, 0.2) is 9.84 Å². The predicted octanol–water partition coefficient (Wildman–Crippen LogP) is 2.72. The SMILES string of the molecule is CCS(=O)(=O)c1ccc(N2CCC(NC(=O)c3c[nH]c4ccccc4c3=O)CC2)cc1. The van der Waals surface area contributed by atoms with Gasteiger partial charge < -0.3 is 15.2 Å². The number of pyridine rings is 1. The molecule has 0 spiro atoms. The number of para-hydroxylation sites is 1. The van der Waals surface area contributed by atoms with Crippen molar-refractivity contribution in [3.63, 3.8) is 0 Å². The van der Waals surface area contributed by atoms with Gasteiger partial charge in [-0.3, -0.25) is 9.59 Å². The number of sulfone groups is 1.